The Morgan fingerprint density at radius 1 is 1.11 bits per heavy atom. The molecule has 98 valence electrons. The van der Waals surface area contributed by atoms with E-state index in [1.165, 1.54) is 11.8 Å². The van der Waals surface area contributed by atoms with Gasteiger partial charge in [-0.2, -0.15) is 0 Å². The average Bonchev–Trinajstić information content (AvgIpc) is 2.46. The number of methoxy groups -OCH3 is 1. The fraction of sp³-hybridized carbons (Fsp3) is 0.133. The van der Waals surface area contributed by atoms with Crippen LogP contribution in [0.4, 0.5) is 0 Å². The monoisotopic (exact) mass is 292 g/mol. The number of halogens is 1. The minimum Gasteiger partial charge on any atom is -0.497 e. The molecule has 4 heteroatoms. The molecule has 0 bridgehead atoms. The van der Waals surface area contributed by atoms with Crippen LogP contribution in [0.2, 0.25) is 5.02 Å². The Kier molecular flexibility index (Phi) is 4.88. The fourth-order valence-electron chi connectivity index (χ4n) is 1.54. The quantitative estimate of drug-likeness (QED) is 0.606. The molecule has 0 heterocycles. The highest BCUT2D eigenvalue weighted by molar-refractivity contribution is 8.00. The lowest BCUT2D eigenvalue weighted by Crippen LogP contribution is -2.02. The molecule has 0 radical (unpaired) electrons. The van der Waals surface area contributed by atoms with Gasteiger partial charge >= 0.3 is 0 Å². The number of rotatable bonds is 5. The highest BCUT2D eigenvalue weighted by Gasteiger charge is 2.06. The van der Waals surface area contributed by atoms with Crippen molar-refractivity contribution < 1.29 is 9.53 Å². The Morgan fingerprint density at radius 3 is 2.32 bits per heavy atom. The summed E-state index contributed by atoms with van der Waals surface area (Å²) in [5.74, 6) is 1.26. The summed E-state index contributed by atoms with van der Waals surface area (Å²) in [6, 6.07) is 14.6. The van der Waals surface area contributed by atoms with E-state index in [0.29, 0.717) is 16.3 Å². The van der Waals surface area contributed by atoms with Crippen LogP contribution in [0.5, 0.6) is 5.75 Å². The van der Waals surface area contributed by atoms with Crippen LogP contribution in [0.15, 0.2) is 53.4 Å². The van der Waals surface area contributed by atoms with Gasteiger partial charge in [0.15, 0.2) is 5.78 Å². The maximum Gasteiger partial charge on any atom is 0.173 e. The first-order valence-corrected chi connectivity index (χ1v) is 7.11. The summed E-state index contributed by atoms with van der Waals surface area (Å²) in [6.07, 6.45) is 0. The zero-order chi connectivity index (χ0) is 13.7. The topological polar surface area (TPSA) is 26.3 Å². The number of thioether (sulfide) groups is 1. The van der Waals surface area contributed by atoms with E-state index in [-0.39, 0.29) is 5.78 Å². The standard InChI is InChI=1S/C15H13ClO2S/c1-18-13-6-2-11(3-7-13)15(17)10-19-14-8-4-12(16)5-9-14/h2-9H,10H2,1H3. The zero-order valence-electron chi connectivity index (χ0n) is 10.4. The molecule has 2 aromatic rings. The number of Topliss-reactive ketones (excluding diaryl/α,β-unsaturated/α-hetero) is 1. The molecule has 0 spiro atoms. The average molecular weight is 293 g/mol. The van der Waals surface area contributed by atoms with Crippen LogP contribution in [0, 0.1) is 0 Å². The van der Waals surface area contributed by atoms with Gasteiger partial charge in [-0.05, 0) is 48.5 Å². The highest BCUT2D eigenvalue weighted by atomic mass is 35.5. The molecular formula is C15H13ClO2S. The molecule has 0 N–H and O–H groups in total. The maximum absolute atomic E-state index is 12.0. The van der Waals surface area contributed by atoms with Gasteiger partial charge in [-0.1, -0.05) is 11.6 Å². The molecule has 2 nitrogen and oxygen atoms in total. The van der Waals surface area contributed by atoms with Crippen molar-refractivity contribution in [3.63, 3.8) is 0 Å². The predicted octanol–water partition coefficient (Wildman–Crippen LogP) is 4.32. The Hall–Kier alpha value is -1.45. The number of benzene rings is 2. The molecule has 0 amide bonds. The minimum absolute atomic E-state index is 0.0996. The van der Waals surface area contributed by atoms with Gasteiger partial charge in [0.2, 0.25) is 0 Å². The summed E-state index contributed by atoms with van der Waals surface area (Å²) < 4.78 is 5.06. The summed E-state index contributed by atoms with van der Waals surface area (Å²) in [5, 5.41) is 0.700. The third-order valence-corrected chi connectivity index (χ3v) is 3.86. The van der Waals surface area contributed by atoms with E-state index >= 15 is 0 Å². The van der Waals surface area contributed by atoms with E-state index in [1.54, 1.807) is 31.4 Å². The Bertz CT molecular complexity index is 549. The molecule has 0 atom stereocenters. The molecule has 0 aliphatic rings. The van der Waals surface area contributed by atoms with E-state index in [0.717, 1.165) is 10.6 Å². The molecule has 0 aromatic heterocycles. The van der Waals surface area contributed by atoms with Gasteiger partial charge in [-0.3, -0.25) is 4.79 Å². The Balaban J connectivity index is 1.95. The van der Waals surface area contributed by atoms with Crippen molar-refractivity contribution >= 4 is 29.1 Å². The number of ketones is 1. The van der Waals surface area contributed by atoms with Gasteiger partial charge < -0.3 is 4.74 Å². The first-order chi connectivity index (χ1) is 9.19. The SMILES string of the molecule is COc1ccc(C(=O)CSc2ccc(Cl)cc2)cc1. The van der Waals surface area contributed by atoms with Gasteiger partial charge in [-0.15, -0.1) is 11.8 Å². The fourth-order valence-corrected chi connectivity index (χ4v) is 2.46. The van der Waals surface area contributed by atoms with Gasteiger partial charge in [0, 0.05) is 15.5 Å². The minimum atomic E-state index is 0.0996. The summed E-state index contributed by atoms with van der Waals surface area (Å²) in [7, 11) is 1.60. The molecule has 0 saturated carbocycles. The third-order valence-electron chi connectivity index (χ3n) is 2.60. The molecule has 19 heavy (non-hydrogen) atoms. The van der Waals surface area contributed by atoms with Crippen molar-refractivity contribution in [1.82, 2.24) is 0 Å². The van der Waals surface area contributed by atoms with Crippen molar-refractivity contribution in [3.8, 4) is 5.75 Å². The Labute approximate surface area is 121 Å². The number of ether oxygens (including phenoxy) is 1. The smallest absolute Gasteiger partial charge is 0.173 e. The summed E-state index contributed by atoms with van der Waals surface area (Å²) in [5.41, 5.74) is 0.697. The maximum atomic E-state index is 12.0. The van der Waals surface area contributed by atoms with Gasteiger partial charge in [0.1, 0.15) is 5.75 Å². The lowest BCUT2D eigenvalue weighted by molar-refractivity contribution is 0.102. The Morgan fingerprint density at radius 2 is 1.74 bits per heavy atom. The molecule has 2 aromatic carbocycles. The molecule has 2 rings (SSSR count). The first-order valence-electron chi connectivity index (χ1n) is 5.74. The summed E-state index contributed by atoms with van der Waals surface area (Å²) in [4.78, 5) is 13.0. The number of hydrogen-bond acceptors (Lipinski definition) is 3. The number of hydrogen-bond donors (Lipinski definition) is 0. The van der Waals surface area contributed by atoms with Crippen molar-refractivity contribution in [2.24, 2.45) is 0 Å². The van der Waals surface area contributed by atoms with Crippen LogP contribution in [0.25, 0.3) is 0 Å². The summed E-state index contributed by atoms with van der Waals surface area (Å²) >= 11 is 7.31. The predicted molar refractivity (Wildman–Crippen MR) is 79.5 cm³/mol. The number of carbonyl (C=O) groups excluding carboxylic acids is 1. The van der Waals surface area contributed by atoms with Crippen LogP contribution in [0.3, 0.4) is 0 Å². The van der Waals surface area contributed by atoms with E-state index in [1.807, 2.05) is 24.3 Å². The summed E-state index contributed by atoms with van der Waals surface area (Å²) in [6.45, 7) is 0. The van der Waals surface area contributed by atoms with Crippen molar-refractivity contribution in [2.45, 2.75) is 4.90 Å². The van der Waals surface area contributed by atoms with Crippen LogP contribution in [-0.2, 0) is 0 Å². The first kappa shape index (κ1) is 14.0. The molecule has 0 fully saturated rings. The molecule has 0 saturated heterocycles. The highest BCUT2D eigenvalue weighted by Crippen LogP contribution is 2.22. The van der Waals surface area contributed by atoms with Crippen molar-refractivity contribution in [1.29, 1.82) is 0 Å². The molecule has 0 aliphatic carbocycles. The lowest BCUT2D eigenvalue weighted by Gasteiger charge is -2.03. The van der Waals surface area contributed by atoms with E-state index in [2.05, 4.69) is 0 Å². The van der Waals surface area contributed by atoms with Gasteiger partial charge in [-0.25, -0.2) is 0 Å². The van der Waals surface area contributed by atoms with Crippen LogP contribution in [0.1, 0.15) is 10.4 Å². The van der Waals surface area contributed by atoms with Gasteiger partial charge in [0.25, 0.3) is 0 Å². The lowest BCUT2D eigenvalue weighted by atomic mass is 10.1. The second-order valence-corrected chi connectivity index (χ2v) is 5.38. The molecular weight excluding hydrogens is 280 g/mol. The molecule has 0 aliphatic heterocycles. The van der Waals surface area contributed by atoms with E-state index < -0.39 is 0 Å². The third kappa shape index (κ3) is 4.01. The van der Waals surface area contributed by atoms with Gasteiger partial charge in [0.05, 0.1) is 12.9 Å². The van der Waals surface area contributed by atoms with E-state index in [4.69, 9.17) is 16.3 Å². The largest absolute Gasteiger partial charge is 0.497 e. The van der Waals surface area contributed by atoms with Crippen LogP contribution < -0.4 is 4.74 Å². The second kappa shape index (κ2) is 6.64. The second-order valence-electron chi connectivity index (χ2n) is 3.89. The van der Waals surface area contributed by atoms with Crippen LogP contribution in [-0.4, -0.2) is 18.6 Å². The normalized spacial score (nSPS) is 10.2. The molecule has 0 unspecified atom stereocenters. The van der Waals surface area contributed by atoms with Crippen molar-refractivity contribution in [2.75, 3.05) is 12.9 Å². The van der Waals surface area contributed by atoms with Crippen LogP contribution >= 0.6 is 23.4 Å². The van der Waals surface area contributed by atoms with E-state index in [9.17, 15) is 4.79 Å². The zero-order valence-corrected chi connectivity index (χ0v) is 12.0. The van der Waals surface area contributed by atoms with Crippen molar-refractivity contribution in [3.05, 3.63) is 59.1 Å². The number of carbonyl (C=O) groups is 1.